The molecule has 0 spiro atoms. The van der Waals surface area contributed by atoms with E-state index in [-0.39, 0.29) is 17.6 Å². The molecule has 2 amide bonds. The van der Waals surface area contributed by atoms with Crippen LogP contribution < -0.4 is 5.32 Å². The van der Waals surface area contributed by atoms with Crippen molar-refractivity contribution in [3.63, 3.8) is 0 Å². The average molecular weight is 415 g/mol. The summed E-state index contributed by atoms with van der Waals surface area (Å²) in [6, 6.07) is 15.2. The van der Waals surface area contributed by atoms with E-state index in [1.807, 2.05) is 48.2 Å². The number of nitrogens with one attached hydrogen (secondary N) is 1. The molecule has 0 bridgehead atoms. The molecule has 2 fully saturated rings. The maximum atomic E-state index is 12.9. The van der Waals surface area contributed by atoms with Crippen LogP contribution in [-0.2, 0) is 0 Å². The molecule has 1 aliphatic heterocycles. The molecule has 3 aromatic rings. The molecule has 0 unspecified atom stereocenters. The zero-order valence-corrected chi connectivity index (χ0v) is 17.5. The Morgan fingerprint density at radius 3 is 2.45 bits per heavy atom. The van der Waals surface area contributed by atoms with Gasteiger partial charge in [0.15, 0.2) is 0 Å². The van der Waals surface area contributed by atoms with Crippen LogP contribution in [0.3, 0.4) is 0 Å². The van der Waals surface area contributed by atoms with Crippen LogP contribution in [0, 0.1) is 6.92 Å². The number of anilines is 1. The third kappa shape index (κ3) is 3.95. The molecule has 1 saturated heterocycles. The molecule has 1 aliphatic carbocycles. The summed E-state index contributed by atoms with van der Waals surface area (Å²) in [5.41, 5.74) is 3.05. The lowest BCUT2D eigenvalue weighted by Crippen LogP contribution is -2.27. The monoisotopic (exact) mass is 415 g/mol. The average Bonchev–Trinajstić information content (AvgIpc) is 3.30. The minimum Gasteiger partial charge on any atom is -0.339 e. The van der Waals surface area contributed by atoms with Crippen LogP contribution >= 0.6 is 0 Å². The molecule has 5 rings (SSSR count). The van der Waals surface area contributed by atoms with E-state index in [0.29, 0.717) is 17.2 Å². The summed E-state index contributed by atoms with van der Waals surface area (Å²) in [6.07, 6.45) is 4.26. The first-order valence-corrected chi connectivity index (χ1v) is 10.8. The Bertz CT molecular complexity index is 1130. The van der Waals surface area contributed by atoms with Gasteiger partial charge >= 0.3 is 0 Å². The Morgan fingerprint density at radius 2 is 1.77 bits per heavy atom. The van der Waals surface area contributed by atoms with Gasteiger partial charge in [-0.15, -0.1) is 5.10 Å². The van der Waals surface area contributed by atoms with Gasteiger partial charge in [0.25, 0.3) is 11.8 Å². The molecule has 0 atom stereocenters. The summed E-state index contributed by atoms with van der Waals surface area (Å²) in [4.78, 5) is 32.0. The highest BCUT2D eigenvalue weighted by molar-refractivity contribution is 6.02. The Hall–Kier alpha value is -3.48. The van der Waals surface area contributed by atoms with E-state index in [4.69, 9.17) is 0 Å². The van der Waals surface area contributed by atoms with Crippen LogP contribution in [0.5, 0.6) is 0 Å². The van der Waals surface area contributed by atoms with Gasteiger partial charge in [0.1, 0.15) is 5.82 Å². The SMILES string of the molecule is Cc1cc(C(=O)N2CCCC2)ccc1NC(=O)c1nc(C2CC2)n(-c2ccccc2)n1. The second-order valence-electron chi connectivity index (χ2n) is 8.30. The van der Waals surface area contributed by atoms with Crippen LogP contribution in [0.25, 0.3) is 5.69 Å². The van der Waals surface area contributed by atoms with E-state index in [1.54, 1.807) is 16.8 Å². The van der Waals surface area contributed by atoms with Gasteiger partial charge in [0, 0.05) is 30.3 Å². The molecule has 7 heteroatoms. The molecular weight excluding hydrogens is 390 g/mol. The highest BCUT2D eigenvalue weighted by atomic mass is 16.2. The Morgan fingerprint density at radius 1 is 1.03 bits per heavy atom. The number of carbonyl (C=O) groups is 2. The topological polar surface area (TPSA) is 80.1 Å². The van der Waals surface area contributed by atoms with E-state index >= 15 is 0 Å². The van der Waals surface area contributed by atoms with Crippen LogP contribution in [0.2, 0.25) is 0 Å². The first-order valence-electron chi connectivity index (χ1n) is 10.8. The van der Waals surface area contributed by atoms with Crippen molar-refractivity contribution in [2.45, 2.75) is 38.5 Å². The van der Waals surface area contributed by atoms with Gasteiger partial charge in [-0.25, -0.2) is 9.67 Å². The fourth-order valence-corrected chi connectivity index (χ4v) is 4.00. The van der Waals surface area contributed by atoms with E-state index in [9.17, 15) is 9.59 Å². The number of aryl methyl sites for hydroxylation is 1. The van der Waals surface area contributed by atoms with Crippen molar-refractivity contribution in [1.29, 1.82) is 0 Å². The molecule has 158 valence electrons. The number of amides is 2. The number of likely N-dealkylation sites (tertiary alicyclic amines) is 1. The molecule has 2 aliphatic rings. The summed E-state index contributed by atoms with van der Waals surface area (Å²) in [7, 11) is 0. The highest BCUT2D eigenvalue weighted by Gasteiger charge is 2.31. The fourth-order valence-electron chi connectivity index (χ4n) is 4.00. The van der Waals surface area contributed by atoms with E-state index in [0.717, 1.165) is 55.8 Å². The number of aromatic nitrogens is 3. The highest BCUT2D eigenvalue weighted by Crippen LogP contribution is 2.39. The van der Waals surface area contributed by atoms with Crippen LogP contribution in [-0.4, -0.2) is 44.6 Å². The van der Waals surface area contributed by atoms with Gasteiger partial charge < -0.3 is 10.2 Å². The molecule has 31 heavy (non-hydrogen) atoms. The van der Waals surface area contributed by atoms with Gasteiger partial charge in [0.05, 0.1) is 5.69 Å². The number of hydrogen-bond acceptors (Lipinski definition) is 4. The van der Waals surface area contributed by atoms with Crippen molar-refractivity contribution >= 4 is 17.5 Å². The zero-order chi connectivity index (χ0) is 21.4. The number of nitrogens with zero attached hydrogens (tertiary/aromatic N) is 4. The van der Waals surface area contributed by atoms with E-state index in [1.165, 1.54) is 0 Å². The van der Waals surface area contributed by atoms with Gasteiger partial charge in [-0.2, -0.15) is 0 Å². The summed E-state index contributed by atoms with van der Waals surface area (Å²) in [5.74, 6) is 1.04. The Kier molecular flexibility index (Phi) is 5.02. The van der Waals surface area contributed by atoms with E-state index in [2.05, 4.69) is 15.4 Å². The number of hydrogen-bond donors (Lipinski definition) is 1. The Balaban J connectivity index is 1.36. The summed E-state index contributed by atoms with van der Waals surface area (Å²) in [5, 5.41) is 7.41. The first kappa shape index (κ1) is 19.5. The van der Waals surface area contributed by atoms with Crippen molar-refractivity contribution in [1.82, 2.24) is 19.7 Å². The molecule has 7 nitrogen and oxygen atoms in total. The second-order valence-corrected chi connectivity index (χ2v) is 8.30. The summed E-state index contributed by atoms with van der Waals surface area (Å²) < 4.78 is 1.78. The number of benzene rings is 2. The maximum Gasteiger partial charge on any atom is 0.295 e. The quantitative estimate of drug-likeness (QED) is 0.684. The minimum atomic E-state index is -0.349. The van der Waals surface area contributed by atoms with Gasteiger partial charge in [-0.05, 0) is 68.5 Å². The molecule has 0 radical (unpaired) electrons. The molecule has 1 saturated carbocycles. The second kappa shape index (κ2) is 7.98. The van der Waals surface area contributed by atoms with Crippen molar-refractivity contribution in [2.24, 2.45) is 0 Å². The zero-order valence-electron chi connectivity index (χ0n) is 17.5. The fraction of sp³-hybridized carbons (Fsp3) is 0.333. The number of carbonyl (C=O) groups excluding carboxylic acids is 2. The van der Waals surface area contributed by atoms with Gasteiger partial charge in [-0.1, -0.05) is 18.2 Å². The number of para-hydroxylation sites is 1. The smallest absolute Gasteiger partial charge is 0.295 e. The molecule has 2 heterocycles. The van der Waals surface area contributed by atoms with Crippen LogP contribution in [0.15, 0.2) is 48.5 Å². The normalized spacial score (nSPS) is 15.8. The largest absolute Gasteiger partial charge is 0.339 e. The predicted molar refractivity (Wildman–Crippen MR) is 118 cm³/mol. The van der Waals surface area contributed by atoms with Crippen LogP contribution in [0.4, 0.5) is 5.69 Å². The maximum absolute atomic E-state index is 12.9. The van der Waals surface area contributed by atoms with Gasteiger partial charge in [0.2, 0.25) is 5.82 Å². The first-order chi connectivity index (χ1) is 15.1. The Labute approximate surface area is 181 Å². The third-order valence-electron chi connectivity index (χ3n) is 5.89. The van der Waals surface area contributed by atoms with Crippen LogP contribution in [0.1, 0.15) is 64.0 Å². The summed E-state index contributed by atoms with van der Waals surface area (Å²) >= 11 is 0. The lowest BCUT2D eigenvalue weighted by molar-refractivity contribution is 0.0792. The standard InChI is InChI=1S/C24H25N5O2/c1-16-15-18(24(31)28-13-5-6-14-28)11-12-20(16)25-23(30)21-26-22(17-9-10-17)29(27-21)19-7-3-2-4-8-19/h2-4,7-8,11-12,15,17H,5-6,9-10,13-14H2,1H3,(H,25,30). The lowest BCUT2D eigenvalue weighted by Gasteiger charge is -2.16. The third-order valence-corrected chi connectivity index (χ3v) is 5.89. The molecule has 2 aromatic carbocycles. The van der Waals surface area contributed by atoms with Gasteiger partial charge in [-0.3, -0.25) is 9.59 Å². The van der Waals surface area contributed by atoms with Crippen molar-refractivity contribution in [3.8, 4) is 5.69 Å². The summed E-state index contributed by atoms with van der Waals surface area (Å²) in [6.45, 7) is 3.52. The van der Waals surface area contributed by atoms with Crippen molar-refractivity contribution in [3.05, 3.63) is 71.3 Å². The minimum absolute atomic E-state index is 0.0517. The molecule has 1 aromatic heterocycles. The van der Waals surface area contributed by atoms with Crippen molar-refractivity contribution in [2.75, 3.05) is 18.4 Å². The predicted octanol–water partition coefficient (Wildman–Crippen LogP) is 3.94. The lowest BCUT2D eigenvalue weighted by atomic mass is 10.1. The van der Waals surface area contributed by atoms with E-state index < -0.39 is 0 Å². The molecule has 1 N–H and O–H groups in total. The van der Waals surface area contributed by atoms with Crippen molar-refractivity contribution < 1.29 is 9.59 Å². The molecular formula is C24H25N5O2. The number of rotatable bonds is 5.